The molecule has 0 amide bonds. The number of ether oxygens (including phenoxy) is 3. The normalized spacial score (nSPS) is 17.5. The number of aryl methyl sites for hydroxylation is 1. The zero-order valence-corrected chi connectivity index (χ0v) is 19.1. The molecular weight excluding hydrogens is 400 g/mol. The number of hydrogen-bond donors (Lipinski definition) is 1. The number of rotatable bonds is 8. The van der Waals surface area contributed by atoms with E-state index >= 15 is 0 Å². The summed E-state index contributed by atoms with van der Waals surface area (Å²) >= 11 is 0. The second kappa shape index (κ2) is 10.5. The minimum atomic E-state index is 0.0942. The quantitative estimate of drug-likeness (QED) is 0.527. The standard InChI is InChI=1S/C27H32N2O3/c1-20-9-11-21(12-10-20)26(28-23-15-24(30-2)17-25(16-23)31-3)18-29-13-14-32-19-27(29)22-7-5-4-6-8-22/h4-12,15-17,26-28H,13-14,18-19H2,1-3H3. The summed E-state index contributed by atoms with van der Waals surface area (Å²) in [5.41, 5.74) is 4.76. The number of anilines is 1. The summed E-state index contributed by atoms with van der Waals surface area (Å²) in [6, 6.07) is 25.6. The van der Waals surface area contributed by atoms with Gasteiger partial charge < -0.3 is 19.5 Å². The molecule has 1 heterocycles. The molecule has 1 N–H and O–H groups in total. The second-order valence-electron chi connectivity index (χ2n) is 8.21. The van der Waals surface area contributed by atoms with Crippen molar-refractivity contribution in [1.82, 2.24) is 4.90 Å². The molecule has 2 unspecified atom stereocenters. The first kappa shape index (κ1) is 22.2. The van der Waals surface area contributed by atoms with Crippen LogP contribution in [0, 0.1) is 6.92 Å². The molecule has 1 aliphatic heterocycles. The van der Waals surface area contributed by atoms with Crippen molar-refractivity contribution in [3.8, 4) is 11.5 Å². The summed E-state index contributed by atoms with van der Waals surface area (Å²) in [4.78, 5) is 2.52. The molecule has 3 aromatic rings. The Morgan fingerprint density at radius 2 is 1.66 bits per heavy atom. The maximum absolute atomic E-state index is 5.85. The van der Waals surface area contributed by atoms with Crippen molar-refractivity contribution < 1.29 is 14.2 Å². The Balaban J connectivity index is 1.63. The van der Waals surface area contributed by atoms with Gasteiger partial charge in [0, 0.05) is 37.0 Å². The first-order valence-electron chi connectivity index (χ1n) is 11.1. The number of morpholine rings is 1. The van der Waals surface area contributed by atoms with Crippen LogP contribution in [0.25, 0.3) is 0 Å². The van der Waals surface area contributed by atoms with Crippen LogP contribution < -0.4 is 14.8 Å². The Morgan fingerprint density at radius 3 is 2.31 bits per heavy atom. The van der Waals surface area contributed by atoms with Gasteiger partial charge in [-0.3, -0.25) is 4.90 Å². The lowest BCUT2D eigenvalue weighted by molar-refractivity contribution is -0.0102. The van der Waals surface area contributed by atoms with Gasteiger partial charge in [-0.25, -0.2) is 0 Å². The predicted molar refractivity (Wildman–Crippen MR) is 129 cm³/mol. The van der Waals surface area contributed by atoms with Gasteiger partial charge in [-0.15, -0.1) is 0 Å². The predicted octanol–water partition coefficient (Wildman–Crippen LogP) is 5.24. The van der Waals surface area contributed by atoms with Crippen molar-refractivity contribution in [3.05, 3.63) is 89.5 Å². The third kappa shape index (κ3) is 5.42. The first-order valence-corrected chi connectivity index (χ1v) is 11.1. The molecule has 1 fully saturated rings. The Hall–Kier alpha value is -3.02. The molecule has 1 saturated heterocycles. The van der Waals surface area contributed by atoms with Crippen LogP contribution in [0.5, 0.6) is 11.5 Å². The van der Waals surface area contributed by atoms with E-state index in [1.54, 1.807) is 14.2 Å². The minimum Gasteiger partial charge on any atom is -0.497 e. The zero-order chi connectivity index (χ0) is 22.3. The molecule has 0 aromatic heterocycles. The van der Waals surface area contributed by atoms with Crippen LogP contribution in [0.3, 0.4) is 0 Å². The maximum atomic E-state index is 5.85. The number of nitrogens with one attached hydrogen (secondary N) is 1. The molecule has 0 saturated carbocycles. The van der Waals surface area contributed by atoms with Crippen molar-refractivity contribution in [1.29, 1.82) is 0 Å². The van der Waals surface area contributed by atoms with Gasteiger partial charge in [-0.05, 0) is 18.1 Å². The fourth-order valence-electron chi connectivity index (χ4n) is 4.20. The van der Waals surface area contributed by atoms with E-state index in [9.17, 15) is 0 Å². The highest BCUT2D eigenvalue weighted by Crippen LogP contribution is 2.31. The van der Waals surface area contributed by atoms with Crippen molar-refractivity contribution in [2.75, 3.05) is 45.8 Å². The monoisotopic (exact) mass is 432 g/mol. The Labute approximate surface area is 190 Å². The molecular formula is C27H32N2O3. The van der Waals surface area contributed by atoms with Crippen LogP contribution in [-0.4, -0.2) is 45.4 Å². The van der Waals surface area contributed by atoms with E-state index < -0.39 is 0 Å². The van der Waals surface area contributed by atoms with Gasteiger partial charge in [-0.1, -0.05) is 60.2 Å². The van der Waals surface area contributed by atoms with Crippen molar-refractivity contribution in [2.24, 2.45) is 0 Å². The van der Waals surface area contributed by atoms with Crippen LogP contribution in [0.15, 0.2) is 72.8 Å². The molecule has 32 heavy (non-hydrogen) atoms. The lowest BCUT2D eigenvalue weighted by atomic mass is 10.0. The zero-order valence-electron chi connectivity index (χ0n) is 19.1. The summed E-state index contributed by atoms with van der Waals surface area (Å²) < 4.78 is 16.8. The molecule has 3 aromatic carbocycles. The van der Waals surface area contributed by atoms with E-state index in [0.29, 0.717) is 6.61 Å². The number of methoxy groups -OCH3 is 2. The van der Waals surface area contributed by atoms with Crippen LogP contribution in [-0.2, 0) is 4.74 Å². The van der Waals surface area contributed by atoms with Crippen LogP contribution in [0.1, 0.15) is 28.8 Å². The van der Waals surface area contributed by atoms with E-state index in [4.69, 9.17) is 14.2 Å². The molecule has 0 bridgehead atoms. The number of benzene rings is 3. The first-order chi connectivity index (χ1) is 15.7. The van der Waals surface area contributed by atoms with Crippen LogP contribution in [0.4, 0.5) is 5.69 Å². The average Bonchev–Trinajstić information content (AvgIpc) is 2.84. The lowest BCUT2D eigenvalue weighted by Crippen LogP contribution is -2.42. The topological polar surface area (TPSA) is 43.0 Å². The Bertz CT molecular complexity index is 969. The Morgan fingerprint density at radius 1 is 0.969 bits per heavy atom. The third-order valence-electron chi connectivity index (χ3n) is 6.01. The summed E-state index contributed by atoms with van der Waals surface area (Å²) in [5.74, 6) is 1.53. The molecule has 5 nitrogen and oxygen atoms in total. The van der Waals surface area contributed by atoms with Crippen LogP contribution in [0.2, 0.25) is 0 Å². The minimum absolute atomic E-state index is 0.0942. The molecule has 0 spiro atoms. The van der Waals surface area contributed by atoms with Crippen LogP contribution >= 0.6 is 0 Å². The molecule has 2 atom stereocenters. The molecule has 1 aliphatic rings. The molecule has 4 rings (SSSR count). The second-order valence-corrected chi connectivity index (χ2v) is 8.21. The van der Waals surface area contributed by atoms with E-state index in [1.165, 1.54) is 16.7 Å². The van der Waals surface area contributed by atoms with Gasteiger partial charge in [0.1, 0.15) is 11.5 Å². The number of nitrogens with zero attached hydrogens (tertiary/aromatic N) is 1. The maximum Gasteiger partial charge on any atom is 0.124 e. The Kier molecular flexibility index (Phi) is 7.30. The van der Waals surface area contributed by atoms with E-state index in [-0.39, 0.29) is 12.1 Å². The van der Waals surface area contributed by atoms with Gasteiger partial charge >= 0.3 is 0 Å². The smallest absolute Gasteiger partial charge is 0.124 e. The van der Waals surface area contributed by atoms with Crippen molar-refractivity contribution in [2.45, 2.75) is 19.0 Å². The summed E-state index contributed by atoms with van der Waals surface area (Å²) in [6.45, 7) is 5.32. The highest BCUT2D eigenvalue weighted by Gasteiger charge is 2.27. The lowest BCUT2D eigenvalue weighted by Gasteiger charge is -2.38. The summed E-state index contributed by atoms with van der Waals surface area (Å²) in [6.07, 6.45) is 0. The number of hydrogen-bond acceptors (Lipinski definition) is 5. The van der Waals surface area contributed by atoms with E-state index in [0.717, 1.165) is 36.9 Å². The van der Waals surface area contributed by atoms with Crippen molar-refractivity contribution in [3.63, 3.8) is 0 Å². The highest BCUT2D eigenvalue weighted by atomic mass is 16.5. The third-order valence-corrected chi connectivity index (χ3v) is 6.01. The molecule has 5 heteroatoms. The summed E-state index contributed by atoms with van der Waals surface area (Å²) in [5, 5.41) is 3.74. The SMILES string of the molecule is COc1cc(NC(CN2CCOCC2c2ccccc2)c2ccc(C)cc2)cc(OC)c1. The van der Waals surface area contributed by atoms with E-state index in [1.807, 2.05) is 18.2 Å². The van der Waals surface area contributed by atoms with Gasteiger partial charge in [0.05, 0.1) is 39.5 Å². The highest BCUT2D eigenvalue weighted by molar-refractivity contribution is 5.55. The van der Waals surface area contributed by atoms with Gasteiger partial charge in [0.2, 0.25) is 0 Å². The van der Waals surface area contributed by atoms with Gasteiger partial charge in [0.15, 0.2) is 0 Å². The largest absolute Gasteiger partial charge is 0.497 e. The van der Waals surface area contributed by atoms with Gasteiger partial charge in [-0.2, -0.15) is 0 Å². The average molecular weight is 433 g/mol. The van der Waals surface area contributed by atoms with Gasteiger partial charge in [0.25, 0.3) is 0 Å². The fraction of sp³-hybridized carbons (Fsp3) is 0.333. The molecule has 0 aliphatic carbocycles. The van der Waals surface area contributed by atoms with E-state index in [2.05, 4.69) is 71.7 Å². The van der Waals surface area contributed by atoms with Crippen molar-refractivity contribution >= 4 is 5.69 Å². The molecule has 0 radical (unpaired) electrons. The molecule has 168 valence electrons. The fourth-order valence-corrected chi connectivity index (χ4v) is 4.20. The summed E-state index contributed by atoms with van der Waals surface area (Å²) in [7, 11) is 3.35.